The van der Waals surface area contributed by atoms with Gasteiger partial charge >= 0.3 is 0 Å². The first-order valence-corrected chi connectivity index (χ1v) is 8.40. The number of nitrogens with zero attached hydrogens (tertiary/aromatic N) is 1. The predicted molar refractivity (Wildman–Crippen MR) is 88.3 cm³/mol. The number of rotatable bonds is 5. The number of alkyl halides is 1. The summed E-state index contributed by atoms with van der Waals surface area (Å²) in [5.41, 5.74) is 0.612. The Bertz CT molecular complexity index is 494. The number of hydrogen-bond donors (Lipinski definition) is 1. The van der Waals surface area contributed by atoms with Crippen LogP contribution < -0.4 is 10.1 Å². The van der Waals surface area contributed by atoms with Crippen LogP contribution in [-0.4, -0.2) is 28.9 Å². The van der Waals surface area contributed by atoms with Crippen molar-refractivity contribution in [1.29, 1.82) is 0 Å². The number of hydrogen-bond acceptors (Lipinski definition) is 3. The molecule has 2 rings (SSSR count). The number of carbonyl (C=O) groups is 1. The third-order valence-corrected chi connectivity index (χ3v) is 4.80. The lowest BCUT2D eigenvalue weighted by Crippen LogP contribution is -2.46. The van der Waals surface area contributed by atoms with Gasteiger partial charge in [-0.25, -0.2) is 4.98 Å². The smallest absolute Gasteiger partial charge is 0.227 e. The zero-order chi connectivity index (χ0) is 16.2. The molecule has 1 aromatic rings. The average Bonchev–Trinajstić information content (AvgIpc) is 2.51. The summed E-state index contributed by atoms with van der Waals surface area (Å²) in [5.74, 6) is 1.05. The lowest BCUT2D eigenvalue weighted by atomic mass is 9.90. The number of nitrogens with one attached hydrogen (secondary N) is 1. The topological polar surface area (TPSA) is 51.2 Å². The van der Waals surface area contributed by atoms with Gasteiger partial charge in [0.05, 0.1) is 5.41 Å². The van der Waals surface area contributed by atoms with Crippen molar-refractivity contribution in [2.45, 2.75) is 58.6 Å². The lowest BCUT2D eigenvalue weighted by Gasteiger charge is -2.31. The van der Waals surface area contributed by atoms with Crippen molar-refractivity contribution in [1.82, 2.24) is 10.3 Å². The summed E-state index contributed by atoms with van der Waals surface area (Å²) in [7, 11) is 0. The number of amides is 1. The van der Waals surface area contributed by atoms with E-state index in [4.69, 9.17) is 16.3 Å². The Hall–Kier alpha value is -1.29. The van der Waals surface area contributed by atoms with E-state index in [9.17, 15) is 4.79 Å². The van der Waals surface area contributed by atoms with E-state index in [1.165, 1.54) is 0 Å². The van der Waals surface area contributed by atoms with Crippen molar-refractivity contribution >= 4 is 17.5 Å². The summed E-state index contributed by atoms with van der Waals surface area (Å²) in [5, 5.41) is 3.11. The van der Waals surface area contributed by atoms with Crippen LogP contribution in [-0.2, 0) is 4.79 Å². The van der Waals surface area contributed by atoms with Crippen molar-refractivity contribution in [3.05, 3.63) is 23.9 Å². The van der Waals surface area contributed by atoms with E-state index in [1.807, 2.05) is 39.1 Å². The van der Waals surface area contributed by atoms with Crippen LogP contribution in [0.4, 0.5) is 0 Å². The predicted octanol–water partition coefficient (Wildman–Crippen LogP) is 3.46. The van der Waals surface area contributed by atoms with Crippen molar-refractivity contribution in [3.8, 4) is 5.88 Å². The lowest BCUT2D eigenvalue weighted by molar-refractivity contribution is -0.129. The second kappa shape index (κ2) is 7.32. The minimum absolute atomic E-state index is 0.0343. The molecule has 122 valence electrons. The zero-order valence-corrected chi connectivity index (χ0v) is 14.3. The molecule has 0 saturated heterocycles. The molecular weight excluding hydrogens is 300 g/mol. The minimum atomic E-state index is -0.513. The molecule has 0 atom stereocenters. The Morgan fingerprint density at radius 2 is 2.05 bits per heavy atom. The maximum atomic E-state index is 12.1. The monoisotopic (exact) mass is 324 g/mol. The number of carbonyl (C=O) groups excluding carboxylic acids is 1. The van der Waals surface area contributed by atoms with Crippen molar-refractivity contribution in [3.63, 3.8) is 0 Å². The van der Waals surface area contributed by atoms with Gasteiger partial charge in [0.25, 0.3) is 0 Å². The molecule has 0 bridgehead atoms. The number of ether oxygens (including phenoxy) is 1. The van der Waals surface area contributed by atoms with Crippen molar-refractivity contribution in [2.75, 3.05) is 5.88 Å². The Balaban J connectivity index is 1.78. The molecule has 1 N–H and O–H groups in total. The maximum absolute atomic E-state index is 12.1. The normalized spacial score (nSPS) is 22.2. The van der Waals surface area contributed by atoms with Crippen molar-refractivity contribution < 1.29 is 9.53 Å². The van der Waals surface area contributed by atoms with E-state index in [0.29, 0.717) is 11.8 Å². The standard InChI is InChI=1S/C17H25ClN2O2/c1-12-4-9-15(19-10-12)22-14-7-5-13(6-8-14)20-16(21)17(2,3)11-18/h4,9-10,13-14H,5-8,11H2,1-3H3,(H,20,21). The summed E-state index contributed by atoms with van der Waals surface area (Å²) >= 11 is 5.84. The highest BCUT2D eigenvalue weighted by Crippen LogP contribution is 2.24. The van der Waals surface area contributed by atoms with Crippen LogP contribution in [0.2, 0.25) is 0 Å². The Kier molecular flexibility index (Phi) is 5.68. The minimum Gasteiger partial charge on any atom is -0.474 e. The van der Waals surface area contributed by atoms with Crippen LogP contribution in [0.15, 0.2) is 18.3 Å². The molecular formula is C17H25ClN2O2. The fourth-order valence-electron chi connectivity index (χ4n) is 2.46. The van der Waals surface area contributed by atoms with Crippen LogP contribution in [0.5, 0.6) is 5.88 Å². The Labute approximate surface area is 137 Å². The molecule has 4 nitrogen and oxygen atoms in total. The molecule has 1 fully saturated rings. The molecule has 1 amide bonds. The quantitative estimate of drug-likeness (QED) is 0.844. The fourth-order valence-corrected chi connectivity index (χ4v) is 2.58. The molecule has 22 heavy (non-hydrogen) atoms. The van der Waals surface area contributed by atoms with Crippen LogP contribution in [0.1, 0.15) is 45.1 Å². The average molecular weight is 325 g/mol. The molecule has 1 aliphatic carbocycles. The largest absolute Gasteiger partial charge is 0.474 e. The summed E-state index contributed by atoms with van der Waals surface area (Å²) in [6.07, 6.45) is 5.73. The third-order valence-electron chi connectivity index (χ3n) is 4.13. The van der Waals surface area contributed by atoms with Gasteiger partial charge in [-0.3, -0.25) is 4.79 Å². The van der Waals surface area contributed by atoms with Crippen LogP contribution in [0.25, 0.3) is 0 Å². The van der Waals surface area contributed by atoms with Gasteiger partial charge < -0.3 is 10.1 Å². The summed E-state index contributed by atoms with van der Waals surface area (Å²) in [6.45, 7) is 5.74. The van der Waals surface area contributed by atoms with Gasteiger partial charge in [-0.15, -0.1) is 11.6 Å². The van der Waals surface area contributed by atoms with Crippen LogP contribution >= 0.6 is 11.6 Å². The number of aryl methyl sites for hydroxylation is 1. The summed E-state index contributed by atoms with van der Waals surface area (Å²) in [4.78, 5) is 16.4. The molecule has 0 radical (unpaired) electrons. The Morgan fingerprint density at radius 1 is 1.36 bits per heavy atom. The van der Waals surface area contributed by atoms with Crippen LogP contribution in [0.3, 0.4) is 0 Å². The van der Waals surface area contributed by atoms with Gasteiger partial charge in [-0.1, -0.05) is 6.07 Å². The second-order valence-corrected chi connectivity index (χ2v) is 7.02. The maximum Gasteiger partial charge on any atom is 0.227 e. The van der Waals surface area contributed by atoms with E-state index in [-0.39, 0.29) is 18.1 Å². The molecule has 0 spiro atoms. The molecule has 0 aliphatic heterocycles. The van der Waals surface area contributed by atoms with Gasteiger partial charge in [0.1, 0.15) is 6.10 Å². The van der Waals surface area contributed by atoms with Gasteiger partial charge in [-0.05, 0) is 52.0 Å². The highest BCUT2D eigenvalue weighted by molar-refractivity contribution is 6.19. The van der Waals surface area contributed by atoms with Gasteiger partial charge in [0.15, 0.2) is 0 Å². The van der Waals surface area contributed by atoms with Crippen molar-refractivity contribution in [2.24, 2.45) is 5.41 Å². The van der Waals surface area contributed by atoms with E-state index < -0.39 is 5.41 Å². The second-order valence-electron chi connectivity index (χ2n) is 6.76. The fraction of sp³-hybridized carbons (Fsp3) is 0.647. The summed E-state index contributed by atoms with van der Waals surface area (Å²) < 4.78 is 5.91. The Morgan fingerprint density at radius 3 is 2.59 bits per heavy atom. The number of aromatic nitrogens is 1. The summed E-state index contributed by atoms with van der Waals surface area (Å²) in [6, 6.07) is 4.13. The molecule has 0 unspecified atom stereocenters. The molecule has 5 heteroatoms. The van der Waals surface area contributed by atoms with E-state index >= 15 is 0 Å². The first-order valence-electron chi connectivity index (χ1n) is 7.87. The molecule has 1 heterocycles. The first-order chi connectivity index (χ1) is 10.4. The van der Waals surface area contributed by atoms with E-state index in [0.717, 1.165) is 31.2 Å². The molecule has 0 aromatic carbocycles. The zero-order valence-electron chi connectivity index (χ0n) is 13.6. The SMILES string of the molecule is Cc1ccc(OC2CCC(NC(=O)C(C)(C)CCl)CC2)nc1. The molecule has 1 saturated carbocycles. The number of pyridine rings is 1. The highest BCUT2D eigenvalue weighted by Gasteiger charge is 2.30. The molecule has 1 aromatic heterocycles. The van der Waals surface area contributed by atoms with E-state index in [1.54, 1.807) is 0 Å². The molecule has 1 aliphatic rings. The van der Waals surface area contributed by atoms with Gasteiger partial charge in [0.2, 0.25) is 11.8 Å². The first kappa shape index (κ1) is 17.1. The van der Waals surface area contributed by atoms with Gasteiger partial charge in [0, 0.05) is 24.2 Å². The van der Waals surface area contributed by atoms with Gasteiger partial charge in [-0.2, -0.15) is 0 Å². The van der Waals surface area contributed by atoms with E-state index in [2.05, 4.69) is 10.3 Å². The van der Waals surface area contributed by atoms with Crippen LogP contribution in [0, 0.1) is 12.3 Å². The number of halogens is 1. The highest BCUT2D eigenvalue weighted by atomic mass is 35.5. The third kappa shape index (κ3) is 4.60.